The van der Waals surface area contributed by atoms with Gasteiger partial charge in [0.1, 0.15) is 5.69 Å². The summed E-state index contributed by atoms with van der Waals surface area (Å²) >= 11 is 5.12. The molecular weight excluding hydrogens is 350 g/mol. The van der Waals surface area contributed by atoms with Gasteiger partial charge in [0.2, 0.25) is 5.88 Å². The van der Waals surface area contributed by atoms with Crippen LogP contribution in [0.15, 0.2) is 40.3 Å². The monoisotopic (exact) mass is 365 g/mol. The molecule has 0 saturated heterocycles. The number of methoxy groups -OCH3 is 1. The van der Waals surface area contributed by atoms with Crippen LogP contribution in [-0.2, 0) is 6.54 Å². The second-order valence-electron chi connectivity index (χ2n) is 4.78. The summed E-state index contributed by atoms with van der Waals surface area (Å²) in [7, 11) is 1.66. The lowest BCUT2D eigenvalue weighted by Gasteiger charge is -2.14. The first-order chi connectivity index (χ1) is 10.2. The summed E-state index contributed by atoms with van der Waals surface area (Å²) in [5, 5.41) is 5.56. The van der Waals surface area contributed by atoms with E-state index in [0.29, 0.717) is 12.4 Å². The van der Waals surface area contributed by atoms with Gasteiger partial charge in [-0.05, 0) is 24.6 Å². The smallest absolute Gasteiger partial charge is 0.237 e. The quantitative estimate of drug-likeness (QED) is 0.741. The molecule has 4 nitrogen and oxygen atoms in total. The fourth-order valence-corrected chi connectivity index (χ4v) is 3.42. The Hall–Kier alpha value is -1.37. The zero-order valence-corrected chi connectivity index (χ0v) is 14.2. The van der Waals surface area contributed by atoms with Crippen molar-refractivity contribution in [3.8, 4) is 5.88 Å². The summed E-state index contributed by atoms with van der Waals surface area (Å²) in [6.07, 6.45) is 2.02. The van der Waals surface area contributed by atoms with Crippen LogP contribution in [0.5, 0.6) is 5.88 Å². The number of benzene rings is 1. The molecule has 0 amide bonds. The fourth-order valence-electron chi connectivity index (χ4n) is 2.28. The van der Waals surface area contributed by atoms with Crippen LogP contribution in [0.2, 0.25) is 0 Å². The Bertz CT molecular complexity index is 752. The number of aromatic nitrogens is 2. The van der Waals surface area contributed by atoms with E-state index < -0.39 is 0 Å². The molecule has 0 spiro atoms. The number of hydrogen-bond donors (Lipinski definition) is 1. The van der Waals surface area contributed by atoms with Crippen LogP contribution in [0, 0.1) is 0 Å². The summed E-state index contributed by atoms with van der Waals surface area (Å²) in [6, 6.07) is 8.58. The lowest BCUT2D eigenvalue weighted by Crippen LogP contribution is -2.19. The van der Waals surface area contributed by atoms with Crippen molar-refractivity contribution in [1.29, 1.82) is 0 Å². The number of nitrogens with one attached hydrogen (secondary N) is 1. The van der Waals surface area contributed by atoms with Crippen molar-refractivity contribution in [1.82, 2.24) is 14.7 Å². The first kappa shape index (κ1) is 14.6. The van der Waals surface area contributed by atoms with Gasteiger partial charge in [0, 0.05) is 28.6 Å². The number of imidazole rings is 1. The third-order valence-corrected chi connectivity index (χ3v) is 4.69. The van der Waals surface area contributed by atoms with Crippen molar-refractivity contribution in [3.63, 3.8) is 0 Å². The van der Waals surface area contributed by atoms with Crippen LogP contribution in [-0.4, -0.2) is 16.5 Å². The number of nitrogens with zero attached hydrogens (tertiary/aromatic N) is 2. The highest BCUT2D eigenvalue weighted by Gasteiger charge is 2.14. The van der Waals surface area contributed by atoms with E-state index in [1.807, 2.05) is 23.7 Å². The van der Waals surface area contributed by atoms with Crippen LogP contribution in [0.1, 0.15) is 24.2 Å². The van der Waals surface area contributed by atoms with Gasteiger partial charge in [0.15, 0.2) is 4.96 Å². The van der Waals surface area contributed by atoms with Gasteiger partial charge in [-0.15, -0.1) is 11.3 Å². The maximum Gasteiger partial charge on any atom is 0.237 e. The molecular formula is C15H16BrN3OS. The predicted octanol–water partition coefficient (Wildman–Crippen LogP) is 4.02. The molecule has 1 N–H and O–H groups in total. The average Bonchev–Trinajstić information content (AvgIpc) is 3.05. The minimum absolute atomic E-state index is 0.247. The van der Waals surface area contributed by atoms with E-state index in [1.54, 1.807) is 18.4 Å². The average molecular weight is 366 g/mol. The van der Waals surface area contributed by atoms with E-state index in [4.69, 9.17) is 4.74 Å². The molecule has 1 aromatic carbocycles. The fraction of sp³-hybridized carbons (Fsp3) is 0.267. The van der Waals surface area contributed by atoms with E-state index >= 15 is 0 Å². The number of hydrogen-bond acceptors (Lipinski definition) is 4. The molecule has 0 fully saturated rings. The lowest BCUT2D eigenvalue weighted by molar-refractivity contribution is 0.391. The van der Waals surface area contributed by atoms with E-state index in [2.05, 4.69) is 49.7 Å². The van der Waals surface area contributed by atoms with E-state index in [-0.39, 0.29) is 6.04 Å². The normalized spacial score (nSPS) is 12.7. The van der Waals surface area contributed by atoms with Crippen molar-refractivity contribution in [2.24, 2.45) is 0 Å². The van der Waals surface area contributed by atoms with Gasteiger partial charge in [-0.1, -0.05) is 28.1 Å². The third kappa shape index (κ3) is 2.97. The molecule has 0 aliphatic carbocycles. The van der Waals surface area contributed by atoms with Gasteiger partial charge in [-0.3, -0.25) is 4.40 Å². The van der Waals surface area contributed by atoms with Crippen molar-refractivity contribution in [2.75, 3.05) is 7.11 Å². The van der Waals surface area contributed by atoms with E-state index in [0.717, 1.165) is 15.1 Å². The van der Waals surface area contributed by atoms with E-state index in [9.17, 15) is 0 Å². The Labute approximate surface area is 135 Å². The number of ether oxygens (including phenoxy) is 1. The molecule has 1 atom stereocenters. The van der Waals surface area contributed by atoms with Crippen LogP contribution in [0.4, 0.5) is 0 Å². The molecule has 110 valence electrons. The Morgan fingerprint density at radius 1 is 1.48 bits per heavy atom. The van der Waals surface area contributed by atoms with Crippen molar-refractivity contribution in [2.45, 2.75) is 19.5 Å². The Morgan fingerprint density at radius 2 is 2.33 bits per heavy atom. The predicted molar refractivity (Wildman–Crippen MR) is 89.0 cm³/mol. The van der Waals surface area contributed by atoms with Crippen LogP contribution in [0.3, 0.4) is 0 Å². The SMILES string of the molecule is COc1nc2sccn2c1CN[C@@H](C)c1cccc(Br)c1. The zero-order valence-electron chi connectivity index (χ0n) is 11.8. The van der Waals surface area contributed by atoms with Gasteiger partial charge in [0.25, 0.3) is 0 Å². The van der Waals surface area contributed by atoms with Crippen molar-refractivity contribution >= 4 is 32.2 Å². The molecule has 2 heterocycles. The summed E-state index contributed by atoms with van der Waals surface area (Å²) in [5.41, 5.74) is 2.30. The van der Waals surface area contributed by atoms with Gasteiger partial charge in [0.05, 0.1) is 7.11 Å². The number of fused-ring (bicyclic) bond motifs is 1. The second kappa shape index (κ2) is 6.17. The lowest BCUT2D eigenvalue weighted by atomic mass is 10.1. The van der Waals surface area contributed by atoms with E-state index in [1.165, 1.54) is 5.56 Å². The Kier molecular flexibility index (Phi) is 4.28. The van der Waals surface area contributed by atoms with Crippen LogP contribution < -0.4 is 10.1 Å². The topological polar surface area (TPSA) is 38.6 Å². The highest BCUT2D eigenvalue weighted by Crippen LogP contribution is 2.24. The van der Waals surface area contributed by atoms with Crippen molar-refractivity contribution < 1.29 is 4.74 Å². The van der Waals surface area contributed by atoms with Gasteiger partial charge < -0.3 is 10.1 Å². The molecule has 21 heavy (non-hydrogen) atoms. The highest BCUT2D eigenvalue weighted by molar-refractivity contribution is 9.10. The zero-order chi connectivity index (χ0) is 14.8. The molecule has 2 aromatic heterocycles. The Morgan fingerprint density at radius 3 is 3.10 bits per heavy atom. The minimum Gasteiger partial charge on any atom is -0.480 e. The van der Waals surface area contributed by atoms with Crippen molar-refractivity contribution in [3.05, 3.63) is 51.6 Å². The third-order valence-electron chi connectivity index (χ3n) is 3.44. The summed E-state index contributed by atoms with van der Waals surface area (Å²) in [6.45, 7) is 2.86. The molecule has 0 bridgehead atoms. The summed E-state index contributed by atoms with van der Waals surface area (Å²) < 4.78 is 8.54. The number of thiazole rings is 1. The molecule has 3 rings (SSSR count). The standard InChI is InChI=1S/C15H16BrN3OS/c1-10(11-4-3-5-12(16)8-11)17-9-13-14(20-2)18-15-19(13)6-7-21-15/h3-8,10,17H,9H2,1-2H3/t10-/m0/s1. The minimum atomic E-state index is 0.247. The van der Waals surface area contributed by atoms with Crippen LogP contribution >= 0.6 is 27.3 Å². The molecule has 0 aliphatic heterocycles. The van der Waals surface area contributed by atoms with Gasteiger partial charge in [-0.2, -0.15) is 4.98 Å². The second-order valence-corrected chi connectivity index (χ2v) is 6.57. The largest absolute Gasteiger partial charge is 0.480 e. The molecule has 0 unspecified atom stereocenters. The molecule has 3 aromatic rings. The molecule has 0 radical (unpaired) electrons. The number of halogens is 1. The Balaban J connectivity index is 1.78. The maximum atomic E-state index is 5.37. The molecule has 0 aliphatic rings. The highest BCUT2D eigenvalue weighted by atomic mass is 79.9. The molecule has 0 saturated carbocycles. The first-order valence-corrected chi connectivity index (χ1v) is 8.33. The maximum absolute atomic E-state index is 5.37. The van der Waals surface area contributed by atoms with Gasteiger partial charge >= 0.3 is 0 Å². The van der Waals surface area contributed by atoms with Crippen LogP contribution in [0.25, 0.3) is 4.96 Å². The summed E-state index contributed by atoms with van der Waals surface area (Å²) in [4.78, 5) is 5.42. The van der Waals surface area contributed by atoms with Gasteiger partial charge in [-0.25, -0.2) is 0 Å². The summed E-state index contributed by atoms with van der Waals surface area (Å²) in [5.74, 6) is 0.691. The number of rotatable bonds is 5. The first-order valence-electron chi connectivity index (χ1n) is 6.66. The molecule has 6 heteroatoms.